The molecule has 0 aromatic heterocycles. The van der Waals surface area contributed by atoms with Gasteiger partial charge in [-0.15, -0.1) is 0 Å². The highest BCUT2D eigenvalue weighted by atomic mass is 32.2. The maximum Gasteiger partial charge on any atom is 0.416 e. The van der Waals surface area contributed by atoms with Crippen molar-refractivity contribution in [1.82, 2.24) is 4.72 Å². The maximum atomic E-state index is 12.9. The van der Waals surface area contributed by atoms with Gasteiger partial charge in [0.2, 0.25) is 22.6 Å². The van der Waals surface area contributed by atoms with E-state index < -0.39 is 39.9 Å². The smallest absolute Gasteiger partial charge is 0.416 e. The number of sulfonamides is 1. The monoisotopic (exact) mass is 639 g/mol. The van der Waals surface area contributed by atoms with E-state index in [9.17, 15) is 26.4 Å². The Morgan fingerprint density at radius 1 is 0.955 bits per heavy atom. The molecule has 2 heterocycles. The first-order chi connectivity index (χ1) is 20.9. The van der Waals surface area contributed by atoms with Gasteiger partial charge in [0, 0.05) is 17.7 Å². The summed E-state index contributed by atoms with van der Waals surface area (Å²) < 4.78 is 106. The van der Waals surface area contributed by atoms with Crippen molar-refractivity contribution in [2.24, 2.45) is 0 Å². The van der Waals surface area contributed by atoms with E-state index in [1.165, 1.54) is 28.4 Å². The van der Waals surface area contributed by atoms with Crippen LogP contribution in [0.3, 0.4) is 0 Å². The third-order valence-electron chi connectivity index (χ3n) is 7.18. The second-order valence-electron chi connectivity index (χ2n) is 9.62. The number of carbonyl (C=O) groups is 1. The van der Waals surface area contributed by atoms with Crippen molar-refractivity contribution in [2.75, 3.05) is 41.8 Å². The van der Waals surface area contributed by atoms with Crippen LogP contribution in [0.4, 0.5) is 13.2 Å². The highest BCUT2D eigenvalue weighted by molar-refractivity contribution is 7.89. The van der Waals surface area contributed by atoms with Crippen LogP contribution in [0.2, 0.25) is 0 Å². The van der Waals surface area contributed by atoms with Crippen LogP contribution in [0, 0.1) is 0 Å². The Morgan fingerprint density at radius 3 is 2.27 bits per heavy atom. The second-order valence-corrected chi connectivity index (χ2v) is 11.4. The first-order valence-corrected chi connectivity index (χ1v) is 14.6. The number of nitrogens with one attached hydrogen (secondary N) is 1. The fourth-order valence-electron chi connectivity index (χ4n) is 5.09. The number of halogens is 3. The normalized spacial score (nSPS) is 17.2. The maximum absolute atomic E-state index is 12.9. The molecule has 0 radical (unpaired) electrons. The van der Waals surface area contributed by atoms with Crippen LogP contribution in [0.5, 0.6) is 28.7 Å². The van der Waals surface area contributed by atoms with Gasteiger partial charge in [-0.1, -0.05) is 6.07 Å². The van der Waals surface area contributed by atoms with Crippen LogP contribution in [-0.4, -0.2) is 56.2 Å². The molecule has 0 saturated carbocycles. The Hall–Kier alpha value is -4.21. The molecule has 1 saturated heterocycles. The van der Waals surface area contributed by atoms with Crippen molar-refractivity contribution in [3.05, 3.63) is 70.3 Å². The van der Waals surface area contributed by atoms with Gasteiger partial charge in [-0.05, 0) is 48.4 Å². The molecule has 0 bridgehead atoms. The first-order valence-electron chi connectivity index (χ1n) is 13.1. The lowest BCUT2D eigenvalue weighted by molar-refractivity contribution is -0.137. The SMILES string of the molecule is COC(=O)c1c([C@H]2O[C@@H]2c2c(CCNS(=O)(=O)c3ccc(C(F)(F)F)cc3)cc3c(c2OC)OCO3)ccc(OC)c1OC. The van der Waals surface area contributed by atoms with E-state index >= 15 is 0 Å². The van der Waals surface area contributed by atoms with Gasteiger partial charge in [-0.3, -0.25) is 0 Å². The number of carbonyl (C=O) groups excluding carboxylic acids is 1. The summed E-state index contributed by atoms with van der Waals surface area (Å²) >= 11 is 0. The molecule has 3 aromatic carbocycles. The molecule has 5 rings (SSSR count). The van der Waals surface area contributed by atoms with E-state index in [2.05, 4.69) is 4.72 Å². The summed E-state index contributed by atoms with van der Waals surface area (Å²) in [5.74, 6) is 0.849. The minimum absolute atomic E-state index is 0.0632. The van der Waals surface area contributed by atoms with Gasteiger partial charge in [0.05, 0.1) is 38.9 Å². The van der Waals surface area contributed by atoms with Gasteiger partial charge in [0.15, 0.2) is 23.0 Å². The first kappa shape index (κ1) is 31.2. The lowest BCUT2D eigenvalue weighted by Gasteiger charge is -2.17. The summed E-state index contributed by atoms with van der Waals surface area (Å²) in [5, 5.41) is 0. The van der Waals surface area contributed by atoms with E-state index in [-0.39, 0.29) is 36.0 Å². The molecule has 2 atom stereocenters. The number of hydrogen-bond acceptors (Lipinski definition) is 10. The number of ether oxygens (including phenoxy) is 7. The molecule has 0 spiro atoms. The molecule has 0 unspecified atom stereocenters. The van der Waals surface area contributed by atoms with Crippen LogP contribution in [0.1, 0.15) is 44.8 Å². The Balaban J connectivity index is 1.45. The van der Waals surface area contributed by atoms with Gasteiger partial charge in [0.1, 0.15) is 17.8 Å². The predicted octanol–water partition coefficient (Wildman–Crippen LogP) is 4.58. The van der Waals surface area contributed by atoms with Gasteiger partial charge >= 0.3 is 12.1 Å². The minimum atomic E-state index is -4.60. The van der Waals surface area contributed by atoms with Crippen molar-refractivity contribution in [3.8, 4) is 28.7 Å². The topological polar surface area (TPSA) is 131 Å². The molecule has 236 valence electrons. The molecule has 1 fully saturated rings. The summed E-state index contributed by atoms with van der Waals surface area (Å²) in [5.41, 5.74) is 0.757. The van der Waals surface area contributed by atoms with Gasteiger partial charge in [0.25, 0.3) is 0 Å². The summed E-state index contributed by atoms with van der Waals surface area (Å²) in [4.78, 5) is 12.5. The van der Waals surface area contributed by atoms with E-state index in [4.69, 9.17) is 33.2 Å². The Bertz CT molecular complexity index is 1680. The van der Waals surface area contributed by atoms with E-state index in [0.29, 0.717) is 51.8 Å². The highest BCUT2D eigenvalue weighted by Crippen LogP contribution is 2.59. The van der Waals surface area contributed by atoms with E-state index in [1.807, 2.05) is 0 Å². The van der Waals surface area contributed by atoms with Crippen molar-refractivity contribution in [2.45, 2.75) is 29.7 Å². The number of benzene rings is 3. The third-order valence-corrected chi connectivity index (χ3v) is 8.65. The number of alkyl halides is 3. The van der Waals surface area contributed by atoms with Gasteiger partial charge in [-0.2, -0.15) is 13.2 Å². The van der Waals surface area contributed by atoms with Crippen molar-refractivity contribution in [1.29, 1.82) is 0 Å². The zero-order valence-corrected chi connectivity index (χ0v) is 24.8. The Kier molecular flexibility index (Phi) is 8.55. The van der Waals surface area contributed by atoms with Crippen molar-refractivity contribution in [3.63, 3.8) is 0 Å². The second kappa shape index (κ2) is 12.1. The molecule has 2 aliphatic rings. The van der Waals surface area contributed by atoms with E-state index in [0.717, 1.165) is 12.1 Å². The van der Waals surface area contributed by atoms with E-state index in [1.54, 1.807) is 18.2 Å². The quantitative estimate of drug-likeness (QED) is 0.235. The zero-order valence-electron chi connectivity index (χ0n) is 23.9. The Labute approximate surface area is 250 Å². The summed E-state index contributed by atoms with van der Waals surface area (Å²) in [7, 11) is 1.36. The van der Waals surface area contributed by atoms with Crippen LogP contribution < -0.4 is 28.4 Å². The number of esters is 1. The van der Waals surface area contributed by atoms with Crippen molar-refractivity contribution < 1.29 is 59.5 Å². The predicted molar refractivity (Wildman–Crippen MR) is 147 cm³/mol. The molecule has 15 heteroatoms. The van der Waals surface area contributed by atoms with Crippen LogP contribution in [0.25, 0.3) is 0 Å². The van der Waals surface area contributed by atoms with Crippen LogP contribution >= 0.6 is 0 Å². The number of rotatable bonds is 11. The molecule has 0 amide bonds. The number of fused-ring (bicyclic) bond motifs is 1. The van der Waals surface area contributed by atoms with Crippen LogP contribution in [-0.2, 0) is 32.1 Å². The van der Waals surface area contributed by atoms with Crippen LogP contribution in [0.15, 0.2) is 47.4 Å². The van der Waals surface area contributed by atoms with Gasteiger partial charge in [-0.25, -0.2) is 17.9 Å². The molecule has 2 aliphatic heterocycles. The lowest BCUT2D eigenvalue weighted by atomic mass is 9.93. The fourth-order valence-corrected chi connectivity index (χ4v) is 6.12. The average Bonchev–Trinajstić information content (AvgIpc) is 3.65. The molecule has 1 N–H and O–H groups in total. The third kappa shape index (κ3) is 5.81. The number of epoxide rings is 1. The minimum Gasteiger partial charge on any atom is -0.493 e. The standard InChI is InChI=1S/C29H28F3NO10S/c1-37-19-10-9-18(22(24(19)38-2)28(34)40-4)23-27(43-23)21-15(13-20-25(26(21)39-3)42-14-41-20)11-12-33-44(35,36)17-7-5-16(6-8-17)29(30,31)32/h5-10,13,23,27,33H,11-12,14H2,1-4H3/t23-,27-/m1/s1. The van der Waals surface area contributed by atoms with Crippen molar-refractivity contribution >= 4 is 16.0 Å². The largest absolute Gasteiger partial charge is 0.493 e. The molecule has 3 aromatic rings. The molecule has 44 heavy (non-hydrogen) atoms. The highest BCUT2D eigenvalue weighted by Gasteiger charge is 2.48. The lowest BCUT2D eigenvalue weighted by Crippen LogP contribution is -2.26. The molecule has 11 nitrogen and oxygen atoms in total. The fraction of sp³-hybridized carbons (Fsp3) is 0.345. The summed E-state index contributed by atoms with van der Waals surface area (Å²) in [6.45, 7) is -0.188. The Morgan fingerprint density at radius 2 is 1.66 bits per heavy atom. The van der Waals surface area contributed by atoms with Gasteiger partial charge < -0.3 is 33.2 Å². The average molecular weight is 640 g/mol. The summed E-state index contributed by atoms with van der Waals surface area (Å²) in [6, 6.07) is 8.17. The molecular formula is C29H28F3NO10S. The molecular weight excluding hydrogens is 611 g/mol. The molecule has 0 aliphatic carbocycles. The summed E-state index contributed by atoms with van der Waals surface area (Å²) in [6.07, 6.45) is -5.78. The number of methoxy groups -OCH3 is 4. The zero-order chi connectivity index (χ0) is 31.8. The number of hydrogen-bond donors (Lipinski definition) is 1.